The van der Waals surface area contributed by atoms with Crippen LogP contribution in [0.4, 0.5) is 0 Å². The van der Waals surface area contributed by atoms with Gasteiger partial charge in [-0.1, -0.05) is 6.92 Å². The topological polar surface area (TPSA) is 48.9 Å². The molecule has 0 amide bonds. The smallest absolute Gasteiger partial charge is 0.0723 e. The minimum Gasteiger partial charge on any atom is -0.396 e. The lowest BCUT2D eigenvalue weighted by atomic mass is 10.1. The largest absolute Gasteiger partial charge is 0.396 e. The van der Waals surface area contributed by atoms with Crippen LogP contribution in [0.3, 0.4) is 0 Å². The molecular weight excluding hydrogens is 176 g/mol. The van der Waals surface area contributed by atoms with Gasteiger partial charge < -0.3 is 5.11 Å². The first-order valence-corrected chi connectivity index (χ1v) is 4.83. The maximum atomic E-state index is 8.86. The molecule has 2 aromatic rings. The van der Waals surface area contributed by atoms with Gasteiger partial charge in [-0.3, -0.25) is 5.10 Å². The van der Waals surface area contributed by atoms with Gasteiger partial charge in [0.15, 0.2) is 0 Å². The Kier molecular flexibility index (Phi) is 2.50. The van der Waals surface area contributed by atoms with Crippen molar-refractivity contribution in [2.24, 2.45) is 0 Å². The lowest BCUT2D eigenvalue weighted by Crippen LogP contribution is -1.91. The molecule has 0 spiro atoms. The number of aromatic amines is 1. The molecule has 73 valence electrons. The van der Waals surface area contributed by atoms with Gasteiger partial charge in [0.2, 0.25) is 0 Å². The first-order valence-electron chi connectivity index (χ1n) is 4.83. The molecule has 0 fully saturated rings. The quantitative estimate of drug-likeness (QED) is 0.768. The summed E-state index contributed by atoms with van der Waals surface area (Å²) in [5.41, 5.74) is 3.11. The monoisotopic (exact) mass is 189 g/mol. The number of nitrogens with one attached hydrogen (secondary N) is 1. The van der Waals surface area contributed by atoms with E-state index in [9.17, 15) is 0 Å². The summed E-state index contributed by atoms with van der Waals surface area (Å²) < 4.78 is 0. The number of hydrogen-bond donors (Lipinski definition) is 2. The Morgan fingerprint density at radius 2 is 2.43 bits per heavy atom. The van der Waals surface area contributed by atoms with Crippen LogP contribution < -0.4 is 0 Å². The number of fused-ring (bicyclic) bond motifs is 1. The van der Waals surface area contributed by atoms with Crippen LogP contribution in [0.15, 0.2) is 12.1 Å². The van der Waals surface area contributed by atoms with Gasteiger partial charge in [-0.05, 0) is 30.2 Å². The van der Waals surface area contributed by atoms with E-state index in [0.717, 1.165) is 23.0 Å². The highest BCUT2D eigenvalue weighted by atomic mass is 16.3. The molecule has 1 aromatic carbocycles. The predicted molar refractivity (Wildman–Crippen MR) is 55.1 cm³/mol. The third-order valence-corrected chi connectivity index (χ3v) is 2.36. The number of aliphatic hydroxyl groups excluding tert-OH is 1. The summed E-state index contributed by atoms with van der Waals surface area (Å²) in [6.07, 6.45) is 1.58. The second-order valence-electron chi connectivity index (χ2n) is 3.28. The number of aliphatic hydroxyl groups is 1. The number of H-pyrrole nitrogens is 1. The van der Waals surface area contributed by atoms with Crippen molar-refractivity contribution in [3.8, 4) is 0 Å². The van der Waals surface area contributed by atoms with Crippen molar-refractivity contribution >= 4 is 10.9 Å². The molecule has 1 aromatic heterocycles. The molecule has 3 heteroatoms. The summed E-state index contributed by atoms with van der Waals surface area (Å²) in [7, 11) is 0. The van der Waals surface area contributed by atoms with Crippen molar-refractivity contribution in [3.05, 3.63) is 29.5 Å². The maximum absolute atomic E-state index is 8.86. The predicted octanol–water partition coefficient (Wildman–Crippen LogP) is 1.46. The van der Waals surface area contributed by atoms with Crippen LogP contribution in [0.25, 0.3) is 10.9 Å². The summed E-state index contributed by atoms with van der Waals surface area (Å²) in [5.74, 6) is 0. The highest BCUT2D eigenvalue weighted by molar-refractivity contribution is 5.81. The molecule has 0 atom stereocenters. The lowest BCUT2D eigenvalue weighted by molar-refractivity contribution is 0.298. The molecule has 0 aliphatic rings. The molecule has 2 rings (SSSR count). The zero-order valence-corrected chi connectivity index (χ0v) is 8.17. The average Bonchev–Trinajstić information content (AvgIpc) is 2.61. The fourth-order valence-corrected chi connectivity index (χ4v) is 1.56. The number of nitrogens with zero attached hydrogens (tertiary/aromatic N) is 1. The molecule has 1 heterocycles. The van der Waals surface area contributed by atoms with E-state index in [0.29, 0.717) is 6.42 Å². The number of aryl methyl sites for hydroxylation is 1. The number of hydrogen-bond acceptors (Lipinski definition) is 2. The summed E-state index contributed by atoms with van der Waals surface area (Å²) in [5, 5.41) is 17.1. The second-order valence-corrected chi connectivity index (χ2v) is 3.28. The van der Waals surface area contributed by atoms with E-state index in [1.165, 1.54) is 5.56 Å². The van der Waals surface area contributed by atoms with Crippen molar-refractivity contribution in [3.63, 3.8) is 0 Å². The Morgan fingerprint density at radius 1 is 1.57 bits per heavy atom. The van der Waals surface area contributed by atoms with Gasteiger partial charge in [-0.25, -0.2) is 0 Å². The van der Waals surface area contributed by atoms with Crippen molar-refractivity contribution < 1.29 is 5.11 Å². The van der Waals surface area contributed by atoms with Crippen LogP contribution in [0.5, 0.6) is 0 Å². The zero-order valence-electron chi connectivity index (χ0n) is 8.17. The van der Waals surface area contributed by atoms with Crippen LogP contribution in [-0.4, -0.2) is 21.9 Å². The summed E-state index contributed by atoms with van der Waals surface area (Å²) in [6, 6.07) is 7.19. The van der Waals surface area contributed by atoms with Crippen LogP contribution in [-0.2, 0) is 12.8 Å². The first kappa shape index (κ1) is 9.21. The minimum atomic E-state index is 0.139. The van der Waals surface area contributed by atoms with Crippen LogP contribution >= 0.6 is 0 Å². The number of benzene rings is 1. The molecule has 0 saturated carbocycles. The van der Waals surface area contributed by atoms with Crippen molar-refractivity contribution in [1.29, 1.82) is 0 Å². The van der Waals surface area contributed by atoms with E-state index < -0.39 is 0 Å². The fraction of sp³-hybridized carbons (Fsp3) is 0.364. The number of aromatic nitrogens is 2. The molecule has 0 bridgehead atoms. The molecule has 0 aliphatic carbocycles. The van der Waals surface area contributed by atoms with E-state index in [-0.39, 0.29) is 6.61 Å². The van der Waals surface area contributed by atoms with Crippen LogP contribution in [0.1, 0.15) is 18.2 Å². The summed E-state index contributed by atoms with van der Waals surface area (Å²) in [4.78, 5) is 0. The van der Waals surface area contributed by atoms with E-state index in [1.807, 2.05) is 6.07 Å². The van der Waals surface area contributed by atoms with E-state index in [2.05, 4.69) is 29.3 Å². The summed E-state index contributed by atoms with van der Waals surface area (Å²) >= 11 is 0. The van der Waals surface area contributed by atoms with Gasteiger partial charge in [-0.15, -0.1) is 0 Å². The van der Waals surface area contributed by atoms with Gasteiger partial charge >= 0.3 is 0 Å². The van der Waals surface area contributed by atoms with Gasteiger partial charge in [-0.2, -0.15) is 5.10 Å². The zero-order chi connectivity index (χ0) is 9.97. The van der Waals surface area contributed by atoms with Crippen LogP contribution in [0.2, 0.25) is 0 Å². The van der Waals surface area contributed by atoms with Gasteiger partial charge in [0.1, 0.15) is 0 Å². The molecule has 14 heavy (non-hydrogen) atoms. The Hall–Kier alpha value is -1.35. The Labute approximate surface area is 82.8 Å². The molecule has 0 aliphatic heterocycles. The molecule has 3 nitrogen and oxygen atoms in total. The Balaban J connectivity index is 2.52. The standard InChI is InChI=1S/C11H13N2O/c1-2-8-3-4-10-9(7-8)11(5-6-14)13-12-10/h4,7,14H,2,5-6H2,1H3,(H,12,13). The third-order valence-electron chi connectivity index (χ3n) is 2.36. The fourth-order valence-electron chi connectivity index (χ4n) is 1.56. The van der Waals surface area contributed by atoms with E-state index >= 15 is 0 Å². The SMILES string of the molecule is CCc1[c]cc2[nH]nc(CCO)c2c1. The van der Waals surface area contributed by atoms with Gasteiger partial charge in [0.05, 0.1) is 11.2 Å². The lowest BCUT2D eigenvalue weighted by Gasteiger charge is -1.97. The second kappa shape index (κ2) is 3.80. The average molecular weight is 189 g/mol. The normalized spacial score (nSPS) is 11.0. The Morgan fingerprint density at radius 3 is 3.14 bits per heavy atom. The van der Waals surface area contributed by atoms with Crippen molar-refractivity contribution in [2.75, 3.05) is 6.61 Å². The molecule has 0 unspecified atom stereocenters. The maximum Gasteiger partial charge on any atom is 0.0723 e. The molecule has 1 radical (unpaired) electrons. The van der Waals surface area contributed by atoms with Gasteiger partial charge in [0.25, 0.3) is 0 Å². The van der Waals surface area contributed by atoms with E-state index in [1.54, 1.807) is 0 Å². The van der Waals surface area contributed by atoms with Crippen molar-refractivity contribution in [2.45, 2.75) is 19.8 Å². The minimum absolute atomic E-state index is 0.139. The highest BCUT2D eigenvalue weighted by Gasteiger charge is 2.05. The molecular formula is C11H13N2O. The number of rotatable bonds is 3. The summed E-state index contributed by atoms with van der Waals surface area (Å²) in [6.45, 7) is 2.24. The Bertz CT molecular complexity index is 434. The first-order chi connectivity index (χ1) is 6.85. The van der Waals surface area contributed by atoms with Crippen LogP contribution in [0, 0.1) is 6.07 Å². The third kappa shape index (κ3) is 1.51. The van der Waals surface area contributed by atoms with E-state index in [4.69, 9.17) is 5.11 Å². The van der Waals surface area contributed by atoms with Gasteiger partial charge in [0, 0.05) is 18.4 Å². The van der Waals surface area contributed by atoms with Crippen molar-refractivity contribution in [1.82, 2.24) is 10.2 Å². The molecule has 2 N–H and O–H groups in total. The highest BCUT2D eigenvalue weighted by Crippen LogP contribution is 2.17. The molecule has 0 saturated heterocycles.